The minimum atomic E-state index is -0.669. The number of ether oxygens (including phenoxy) is 1. The van der Waals surface area contributed by atoms with Gasteiger partial charge in [-0.2, -0.15) is 0 Å². The molecule has 0 bridgehead atoms. The van der Waals surface area contributed by atoms with Crippen molar-refractivity contribution >= 4 is 40.4 Å². The standard InChI is InChI=1S/C25H26ClN3O4S/c1-15-21(23(31)33-25(2,3)4)22(16-7-5-8-17(26)11-16)29-18(14-34-24(29)28-15)12-20(30)27-13-19-9-6-10-32-19/h5-11,14,22H,12-13H2,1-4H3,(H,27,30). The SMILES string of the molecule is CC1=C(C(=O)OC(C)(C)C)C(c2cccc(Cl)c2)N2C(CC(=O)NCc3ccco3)=CSC2=N1. The second kappa shape index (κ2) is 9.72. The van der Waals surface area contributed by atoms with Gasteiger partial charge < -0.3 is 19.4 Å². The number of hydrogen-bond donors (Lipinski definition) is 1. The molecule has 4 rings (SSSR count). The molecule has 0 spiro atoms. The fraction of sp³-hybridized carbons (Fsp3) is 0.320. The van der Waals surface area contributed by atoms with Crippen LogP contribution in [0.2, 0.25) is 5.02 Å². The smallest absolute Gasteiger partial charge is 0.338 e. The fourth-order valence-electron chi connectivity index (χ4n) is 3.78. The number of aliphatic imine (C=N–C) groups is 1. The molecule has 2 aromatic rings. The molecule has 3 heterocycles. The molecule has 0 fully saturated rings. The van der Waals surface area contributed by atoms with Gasteiger partial charge in [0.25, 0.3) is 0 Å². The van der Waals surface area contributed by atoms with Crippen molar-refractivity contribution in [3.8, 4) is 0 Å². The maximum atomic E-state index is 13.3. The molecular formula is C25H26ClN3O4S. The fourth-order valence-corrected chi connectivity index (χ4v) is 4.94. The van der Waals surface area contributed by atoms with Crippen LogP contribution in [0.1, 0.15) is 51.5 Å². The topological polar surface area (TPSA) is 84.1 Å². The molecule has 2 aliphatic rings. The summed E-state index contributed by atoms with van der Waals surface area (Å²) >= 11 is 7.74. The van der Waals surface area contributed by atoms with Crippen molar-refractivity contribution in [1.29, 1.82) is 0 Å². The molecule has 0 radical (unpaired) electrons. The Balaban J connectivity index is 1.65. The van der Waals surface area contributed by atoms with Gasteiger partial charge in [0.05, 0.1) is 36.5 Å². The number of rotatable bonds is 6. The molecule has 2 aliphatic heterocycles. The second-order valence-electron chi connectivity index (χ2n) is 8.98. The van der Waals surface area contributed by atoms with E-state index in [1.165, 1.54) is 11.8 Å². The number of halogens is 1. The third-order valence-electron chi connectivity index (χ3n) is 5.17. The van der Waals surface area contributed by atoms with Crippen molar-refractivity contribution < 1.29 is 18.7 Å². The van der Waals surface area contributed by atoms with Gasteiger partial charge in [0, 0.05) is 10.7 Å². The third-order valence-corrected chi connectivity index (χ3v) is 6.29. The van der Waals surface area contributed by atoms with Crippen molar-refractivity contribution in [2.75, 3.05) is 0 Å². The first-order valence-electron chi connectivity index (χ1n) is 10.8. The number of fused-ring (bicyclic) bond motifs is 1. The molecule has 0 aliphatic carbocycles. The van der Waals surface area contributed by atoms with Gasteiger partial charge in [0.15, 0.2) is 5.17 Å². The molecule has 34 heavy (non-hydrogen) atoms. The lowest BCUT2D eigenvalue weighted by Gasteiger charge is -2.37. The van der Waals surface area contributed by atoms with Crippen LogP contribution in [0.3, 0.4) is 0 Å². The maximum absolute atomic E-state index is 13.3. The average molecular weight is 500 g/mol. The first-order chi connectivity index (χ1) is 16.1. The van der Waals surface area contributed by atoms with Crippen LogP contribution in [-0.4, -0.2) is 27.5 Å². The molecule has 1 N–H and O–H groups in total. The lowest BCUT2D eigenvalue weighted by molar-refractivity contribution is -0.150. The summed E-state index contributed by atoms with van der Waals surface area (Å²) in [6.07, 6.45) is 1.68. The van der Waals surface area contributed by atoms with Gasteiger partial charge in [-0.15, -0.1) is 0 Å². The summed E-state index contributed by atoms with van der Waals surface area (Å²) in [7, 11) is 0. The highest BCUT2D eigenvalue weighted by molar-refractivity contribution is 8.16. The molecule has 178 valence electrons. The molecule has 1 atom stereocenters. The van der Waals surface area contributed by atoms with Gasteiger partial charge in [0.1, 0.15) is 11.4 Å². The molecule has 0 saturated carbocycles. The number of nitrogens with one attached hydrogen (secondary N) is 1. The summed E-state index contributed by atoms with van der Waals surface area (Å²) in [5, 5.41) is 6.02. The zero-order valence-electron chi connectivity index (χ0n) is 19.4. The predicted octanol–water partition coefficient (Wildman–Crippen LogP) is 5.56. The molecule has 9 heteroatoms. The number of amides is 1. The summed E-state index contributed by atoms with van der Waals surface area (Å²) in [6, 6.07) is 10.4. The maximum Gasteiger partial charge on any atom is 0.338 e. The summed E-state index contributed by atoms with van der Waals surface area (Å²) in [4.78, 5) is 32.7. The van der Waals surface area contributed by atoms with E-state index in [2.05, 4.69) is 10.3 Å². The van der Waals surface area contributed by atoms with Crippen molar-refractivity contribution in [3.63, 3.8) is 0 Å². The number of furan rings is 1. The highest BCUT2D eigenvalue weighted by Gasteiger charge is 2.41. The lowest BCUT2D eigenvalue weighted by atomic mass is 9.93. The Morgan fingerprint density at radius 3 is 2.74 bits per heavy atom. The quantitative estimate of drug-likeness (QED) is 0.524. The van der Waals surface area contributed by atoms with Crippen LogP contribution in [-0.2, 0) is 20.9 Å². The van der Waals surface area contributed by atoms with Crippen molar-refractivity contribution in [3.05, 3.63) is 81.4 Å². The Morgan fingerprint density at radius 2 is 2.06 bits per heavy atom. The molecule has 1 unspecified atom stereocenters. The van der Waals surface area contributed by atoms with E-state index in [4.69, 9.17) is 20.8 Å². The van der Waals surface area contributed by atoms with E-state index < -0.39 is 17.6 Å². The van der Waals surface area contributed by atoms with Crippen molar-refractivity contribution in [1.82, 2.24) is 10.2 Å². The summed E-state index contributed by atoms with van der Waals surface area (Å²) < 4.78 is 11.0. The second-order valence-corrected chi connectivity index (χ2v) is 10.3. The molecule has 1 aromatic heterocycles. The van der Waals surface area contributed by atoms with E-state index in [0.717, 1.165) is 11.3 Å². The van der Waals surface area contributed by atoms with E-state index in [-0.39, 0.29) is 12.3 Å². The Morgan fingerprint density at radius 1 is 1.26 bits per heavy atom. The number of esters is 1. The lowest BCUT2D eigenvalue weighted by Crippen LogP contribution is -2.39. The van der Waals surface area contributed by atoms with E-state index >= 15 is 0 Å². The Hall–Kier alpha value is -2.97. The number of carbonyl (C=O) groups excluding carboxylic acids is 2. The van der Waals surface area contributed by atoms with Gasteiger partial charge in [-0.1, -0.05) is 35.5 Å². The Kier molecular flexibility index (Phi) is 6.91. The van der Waals surface area contributed by atoms with Crippen LogP contribution in [0, 0.1) is 0 Å². The Bertz CT molecular complexity index is 1190. The van der Waals surface area contributed by atoms with E-state index in [9.17, 15) is 9.59 Å². The number of thioether (sulfide) groups is 1. The van der Waals surface area contributed by atoms with Crippen molar-refractivity contribution in [2.24, 2.45) is 4.99 Å². The van der Waals surface area contributed by atoms with Gasteiger partial charge in [-0.25, -0.2) is 9.79 Å². The van der Waals surface area contributed by atoms with E-state index in [1.807, 2.05) is 49.3 Å². The minimum Gasteiger partial charge on any atom is -0.467 e. The van der Waals surface area contributed by atoms with Gasteiger partial charge in [-0.3, -0.25) is 4.79 Å². The van der Waals surface area contributed by atoms with Crippen molar-refractivity contribution in [2.45, 2.75) is 52.3 Å². The summed E-state index contributed by atoms with van der Waals surface area (Å²) in [5.74, 6) is 0.0571. The monoisotopic (exact) mass is 499 g/mol. The molecule has 1 aromatic carbocycles. The molecule has 0 saturated heterocycles. The van der Waals surface area contributed by atoms with Gasteiger partial charge in [-0.05, 0) is 62.9 Å². The van der Waals surface area contributed by atoms with Gasteiger partial charge in [0.2, 0.25) is 5.91 Å². The Labute approximate surface area is 207 Å². The third kappa shape index (κ3) is 5.39. The molecule has 1 amide bonds. The van der Waals surface area contributed by atoms with Crippen LogP contribution >= 0.6 is 23.4 Å². The zero-order chi connectivity index (χ0) is 24.5. The van der Waals surface area contributed by atoms with Crippen LogP contribution in [0.4, 0.5) is 0 Å². The predicted molar refractivity (Wildman–Crippen MR) is 133 cm³/mol. The number of hydrogen-bond acceptors (Lipinski definition) is 7. The number of allylic oxidation sites excluding steroid dienone is 1. The first kappa shape index (κ1) is 24.2. The number of amidine groups is 1. The van der Waals surface area contributed by atoms with Crippen LogP contribution in [0.15, 0.2) is 74.4 Å². The number of benzene rings is 1. The van der Waals surface area contributed by atoms with Crippen LogP contribution in [0.25, 0.3) is 0 Å². The molecular weight excluding hydrogens is 474 g/mol. The van der Waals surface area contributed by atoms with E-state index in [0.29, 0.717) is 33.8 Å². The molecule has 7 nitrogen and oxygen atoms in total. The largest absolute Gasteiger partial charge is 0.467 e. The highest BCUT2D eigenvalue weighted by atomic mass is 35.5. The van der Waals surface area contributed by atoms with E-state index in [1.54, 1.807) is 31.4 Å². The normalized spacial score (nSPS) is 17.8. The van der Waals surface area contributed by atoms with Gasteiger partial charge >= 0.3 is 5.97 Å². The summed E-state index contributed by atoms with van der Waals surface area (Å²) in [5.41, 5.74) is 1.88. The number of carbonyl (C=O) groups is 2. The number of nitrogens with zero attached hydrogens (tertiary/aromatic N) is 2. The van der Waals surface area contributed by atoms with Crippen LogP contribution in [0.5, 0.6) is 0 Å². The minimum absolute atomic E-state index is 0.116. The first-order valence-corrected chi connectivity index (χ1v) is 12.1. The average Bonchev–Trinajstić information content (AvgIpc) is 3.40. The van der Waals surface area contributed by atoms with Crippen LogP contribution < -0.4 is 5.32 Å². The zero-order valence-corrected chi connectivity index (χ0v) is 21.0. The summed E-state index contributed by atoms with van der Waals surface area (Å²) in [6.45, 7) is 7.58. The highest BCUT2D eigenvalue weighted by Crippen LogP contribution is 2.45.